The summed E-state index contributed by atoms with van der Waals surface area (Å²) in [5.41, 5.74) is 0. The van der Waals surface area contributed by atoms with Gasteiger partial charge in [-0.1, -0.05) is 0 Å². The van der Waals surface area contributed by atoms with E-state index in [9.17, 15) is 0 Å². The number of rotatable bonds is 28. The van der Waals surface area contributed by atoms with E-state index in [1.54, 1.807) is 96.9 Å². The fourth-order valence-corrected chi connectivity index (χ4v) is 2.49. The van der Waals surface area contributed by atoms with Crippen molar-refractivity contribution in [3.8, 4) is 0 Å². The van der Waals surface area contributed by atoms with E-state index in [1.807, 2.05) is 0 Å². The monoisotopic (exact) mass is 1180 g/mol. The lowest BCUT2D eigenvalue weighted by atomic mass is 10.4. The molecule has 33 heteroatoms. The van der Waals surface area contributed by atoms with Crippen LogP contribution in [-0.4, -0.2) is 293 Å². The zero-order valence-electron chi connectivity index (χ0n) is 46.5. The van der Waals surface area contributed by atoms with Crippen molar-refractivity contribution in [2.24, 2.45) is 0 Å². The minimum atomic E-state index is -2.62. The molecule has 0 saturated heterocycles. The number of hydrogen-bond acceptors (Lipinski definition) is 30. The van der Waals surface area contributed by atoms with E-state index in [-0.39, 0.29) is 89.0 Å². The van der Waals surface area contributed by atoms with Crippen LogP contribution in [0, 0.1) is 0 Å². The average molecular weight is 1190 g/mol. The topological polar surface area (TPSA) is 530 Å². The van der Waals surface area contributed by atoms with Gasteiger partial charge in [0.2, 0.25) is 0 Å². The molecule has 0 spiro atoms. The van der Waals surface area contributed by atoms with E-state index in [2.05, 4.69) is 0 Å². The molecule has 0 radical (unpaired) electrons. The second-order valence-electron chi connectivity index (χ2n) is 16.0. The molecule has 0 aliphatic heterocycles. The zero-order valence-corrected chi connectivity index (χ0v) is 49.2. The molecule has 0 aromatic rings. The molecule has 470 valence electrons. The second-order valence-corrected chi connectivity index (χ2v) is 17.6. The fraction of sp³-hybridized carbons (Fsp3) is 1.00. The molecule has 30 nitrogen and oxygen atoms in total. The molecule has 23 N–H and O–H groups in total. The van der Waals surface area contributed by atoms with Crippen LogP contribution >= 0.6 is 25.8 Å². The second kappa shape index (κ2) is 76.2. The standard InChI is InChI=1S/7C6H14O3.3H3O3P/c7*1-5(8)4-9-6(2)3-7;3*1-4(2)3/h7*5-8H,3-4H2,1-2H3;3*1-3H. The average Bonchev–Trinajstić information content (AvgIpc) is 3.31. The summed E-state index contributed by atoms with van der Waals surface area (Å²) in [5.74, 6) is 0. The van der Waals surface area contributed by atoms with Gasteiger partial charge < -0.3 is 149 Å². The normalized spacial score (nSPS) is 16.0. The Kier molecular flexibility index (Phi) is 98.8. The molecule has 75 heavy (non-hydrogen) atoms. The zero-order chi connectivity index (χ0) is 61.7. The molecule has 0 bridgehead atoms. The first-order valence-electron chi connectivity index (χ1n) is 23.3. The van der Waals surface area contributed by atoms with Crippen LogP contribution in [0.15, 0.2) is 0 Å². The first-order chi connectivity index (χ1) is 34.3. The van der Waals surface area contributed by atoms with Gasteiger partial charge >= 0.3 is 25.8 Å². The van der Waals surface area contributed by atoms with Gasteiger partial charge in [0.05, 0.1) is 178 Å². The summed E-state index contributed by atoms with van der Waals surface area (Å²) in [6, 6.07) is 0. The van der Waals surface area contributed by atoms with E-state index in [4.69, 9.17) is 149 Å². The Labute approximate surface area is 448 Å². The minimum Gasteiger partial charge on any atom is -0.394 e. The molecule has 0 aromatic carbocycles. The van der Waals surface area contributed by atoms with Crippen LogP contribution in [0.2, 0.25) is 0 Å². The van der Waals surface area contributed by atoms with Gasteiger partial charge in [0.25, 0.3) is 0 Å². The third kappa shape index (κ3) is 160. The lowest BCUT2D eigenvalue weighted by molar-refractivity contribution is -0.0177. The highest BCUT2D eigenvalue weighted by Crippen LogP contribution is 2.12. The van der Waals surface area contributed by atoms with Crippen molar-refractivity contribution in [2.75, 3.05) is 92.5 Å². The van der Waals surface area contributed by atoms with E-state index >= 15 is 0 Å². The van der Waals surface area contributed by atoms with E-state index in [1.165, 1.54) is 0 Å². The van der Waals surface area contributed by atoms with Gasteiger partial charge in [-0.25, -0.2) is 0 Å². The van der Waals surface area contributed by atoms with Crippen LogP contribution in [0.1, 0.15) is 96.9 Å². The van der Waals surface area contributed by atoms with Gasteiger partial charge in [0, 0.05) is 0 Å². The largest absolute Gasteiger partial charge is 0.394 e. The Morgan fingerprint density at radius 1 is 0.213 bits per heavy atom. The van der Waals surface area contributed by atoms with Crippen molar-refractivity contribution in [3.63, 3.8) is 0 Å². The Bertz CT molecular complexity index is 758. The van der Waals surface area contributed by atoms with Crippen LogP contribution in [-0.2, 0) is 33.2 Å². The van der Waals surface area contributed by atoms with Crippen molar-refractivity contribution in [2.45, 2.75) is 182 Å². The predicted molar refractivity (Wildman–Crippen MR) is 280 cm³/mol. The molecule has 0 aliphatic rings. The van der Waals surface area contributed by atoms with Crippen molar-refractivity contribution in [1.82, 2.24) is 0 Å². The summed E-state index contributed by atoms with van der Waals surface area (Å²) in [6.07, 6.45) is -4.29. The Hall–Kier alpha value is 0.0900. The third-order valence-electron chi connectivity index (χ3n) is 6.15. The third-order valence-corrected chi connectivity index (χ3v) is 6.15. The van der Waals surface area contributed by atoms with Crippen molar-refractivity contribution < 1.29 is 149 Å². The number of aliphatic hydroxyl groups excluding tert-OH is 14. The van der Waals surface area contributed by atoms with Crippen LogP contribution in [0.3, 0.4) is 0 Å². The molecule has 14 atom stereocenters. The first kappa shape index (κ1) is 97.3. The molecule has 0 rings (SSSR count). The summed E-state index contributed by atoms with van der Waals surface area (Å²) in [7, 11) is -7.86. The maximum atomic E-state index is 8.69. The maximum Gasteiger partial charge on any atom is 0.324 e. The smallest absolute Gasteiger partial charge is 0.324 e. The molecule has 0 heterocycles. The minimum absolute atomic E-state index is 0.00667. The molecule has 0 saturated carbocycles. The van der Waals surface area contributed by atoms with Crippen LogP contribution < -0.4 is 0 Å². The molecule has 14 unspecified atom stereocenters. The van der Waals surface area contributed by atoms with Gasteiger partial charge in [0.15, 0.2) is 0 Å². The summed E-state index contributed by atoms with van der Waals surface area (Å²) in [5, 5.41) is 120. The molecule has 0 fully saturated rings. The summed E-state index contributed by atoms with van der Waals surface area (Å²) < 4.78 is 34.7. The molecule has 0 amide bonds. The van der Waals surface area contributed by atoms with E-state index in [0.717, 1.165) is 0 Å². The lowest BCUT2D eigenvalue weighted by Crippen LogP contribution is -2.19. The summed E-state index contributed by atoms with van der Waals surface area (Å²) in [4.78, 5) is 65.1. The number of hydrogen-bond donors (Lipinski definition) is 23. The highest BCUT2D eigenvalue weighted by atomic mass is 31.2. The molecular weight excluding hydrogens is 1080 g/mol. The summed E-state index contributed by atoms with van der Waals surface area (Å²) in [6.45, 7) is 25.9. The Balaban J connectivity index is -0.0000000792. The maximum absolute atomic E-state index is 8.69. The van der Waals surface area contributed by atoms with Gasteiger partial charge in [-0.05, 0) is 96.9 Å². The van der Waals surface area contributed by atoms with Crippen molar-refractivity contribution in [1.29, 1.82) is 0 Å². The Morgan fingerprint density at radius 2 is 0.280 bits per heavy atom. The van der Waals surface area contributed by atoms with Gasteiger partial charge in [-0.15, -0.1) is 0 Å². The van der Waals surface area contributed by atoms with Crippen LogP contribution in [0.5, 0.6) is 0 Å². The highest BCUT2D eigenvalue weighted by molar-refractivity contribution is 7.38. The van der Waals surface area contributed by atoms with Crippen LogP contribution in [0.25, 0.3) is 0 Å². The van der Waals surface area contributed by atoms with Crippen molar-refractivity contribution in [3.05, 3.63) is 0 Å². The Morgan fingerprint density at radius 3 is 0.320 bits per heavy atom. The number of ether oxygens (including phenoxy) is 7. The predicted octanol–water partition coefficient (Wildman–Crippen LogP) is -4.08. The summed E-state index contributed by atoms with van der Waals surface area (Å²) >= 11 is 0. The quantitative estimate of drug-likeness (QED) is 0.0331. The SMILES string of the molecule is CC(O)COC(C)CO.CC(O)COC(C)CO.CC(O)COC(C)CO.CC(O)COC(C)CO.CC(O)COC(C)CO.CC(O)COC(C)CO.CC(O)COC(C)CO.OP(O)O.OP(O)O.OP(O)O. The van der Waals surface area contributed by atoms with Crippen LogP contribution in [0.4, 0.5) is 0 Å². The first-order valence-corrected chi connectivity index (χ1v) is 26.9. The van der Waals surface area contributed by atoms with E-state index < -0.39 is 68.5 Å². The lowest BCUT2D eigenvalue weighted by Gasteiger charge is -2.10. The van der Waals surface area contributed by atoms with Gasteiger partial charge in [-0.2, -0.15) is 0 Å². The van der Waals surface area contributed by atoms with Gasteiger partial charge in [0.1, 0.15) is 0 Å². The fourth-order valence-electron chi connectivity index (χ4n) is 2.49. The molecule has 0 aliphatic carbocycles. The molecular formula is C42H107O30P3. The van der Waals surface area contributed by atoms with E-state index in [0.29, 0.717) is 46.2 Å². The molecule has 0 aromatic heterocycles. The highest BCUT2D eigenvalue weighted by Gasteiger charge is 2.05. The van der Waals surface area contributed by atoms with Crippen molar-refractivity contribution >= 4 is 25.8 Å². The van der Waals surface area contributed by atoms with Gasteiger partial charge in [-0.3, -0.25) is 0 Å². The number of aliphatic hydroxyl groups is 14.